The zero-order valence-electron chi connectivity index (χ0n) is 11.3. The second-order valence-electron chi connectivity index (χ2n) is 5.21. The maximum absolute atomic E-state index is 12.4. The summed E-state index contributed by atoms with van der Waals surface area (Å²) in [7, 11) is 0. The van der Waals surface area contributed by atoms with Crippen molar-refractivity contribution in [1.82, 2.24) is 5.32 Å². The molecule has 1 fully saturated rings. The highest BCUT2D eigenvalue weighted by molar-refractivity contribution is 5.79. The van der Waals surface area contributed by atoms with Gasteiger partial charge in [-0.3, -0.25) is 4.79 Å². The summed E-state index contributed by atoms with van der Waals surface area (Å²) in [4.78, 5) is 11.9. The van der Waals surface area contributed by atoms with Gasteiger partial charge in [-0.25, -0.2) is 0 Å². The molecule has 112 valence electrons. The molecule has 1 saturated carbocycles. The monoisotopic (exact) mass is 296 g/mol. The molecule has 0 radical (unpaired) electrons. The number of alkyl halides is 3. The number of benzene rings is 1. The van der Waals surface area contributed by atoms with Gasteiger partial charge in [-0.05, 0) is 37.0 Å². The highest BCUT2D eigenvalue weighted by atomic mass is 19.4. The molecule has 1 aliphatic rings. The molecule has 0 spiro atoms. The Hall–Kier alpha value is -2.03. The first-order valence-electron chi connectivity index (χ1n) is 6.75. The molecule has 1 aliphatic carbocycles. The molecule has 21 heavy (non-hydrogen) atoms. The van der Waals surface area contributed by atoms with Crippen LogP contribution in [0.4, 0.5) is 13.2 Å². The van der Waals surface area contributed by atoms with Crippen molar-refractivity contribution >= 4 is 5.91 Å². The van der Waals surface area contributed by atoms with Crippen molar-refractivity contribution in [1.29, 1.82) is 5.26 Å². The van der Waals surface area contributed by atoms with E-state index in [1.165, 1.54) is 12.1 Å². The number of rotatable bonds is 3. The van der Waals surface area contributed by atoms with Crippen LogP contribution in [-0.4, -0.2) is 11.9 Å². The van der Waals surface area contributed by atoms with Crippen LogP contribution >= 0.6 is 0 Å². The number of hydrogen-bond acceptors (Lipinski definition) is 2. The Morgan fingerprint density at radius 2 is 1.95 bits per heavy atom. The van der Waals surface area contributed by atoms with Crippen molar-refractivity contribution in [3.63, 3.8) is 0 Å². The summed E-state index contributed by atoms with van der Waals surface area (Å²) < 4.78 is 37.3. The summed E-state index contributed by atoms with van der Waals surface area (Å²) in [6.07, 6.45) is -1.89. The smallest absolute Gasteiger partial charge is 0.352 e. The molecule has 0 aromatic heterocycles. The van der Waals surface area contributed by atoms with Gasteiger partial charge in [-0.2, -0.15) is 18.4 Å². The van der Waals surface area contributed by atoms with E-state index >= 15 is 0 Å². The topological polar surface area (TPSA) is 52.9 Å². The van der Waals surface area contributed by atoms with E-state index in [1.54, 1.807) is 0 Å². The van der Waals surface area contributed by atoms with Crippen LogP contribution in [0.5, 0.6) is 0 Å². The zero-order valence-corrected chi connectivity index (χ0v) is 11.3. The molecular formula is C15H15F3N2O. The molecule has 1 amide bonds. The normalized spacial score (nSPS) is 21.8. The van der Waals surface area contributed by atoms with Crippen LogP contribution in [0.3, 0.4) is 0 Å². The molecule has 2 unspecified atom stereocenters. The fourth-order valence-electron chi connectivity index (χ4n) is 2.54. The lowest BCUT2D eigenvalue weighted by atomic mass is 10.0. The van der Waals surface area contributed by atoms with E-state index in [-0.39, 0.29) is 24.3 Å². The first-order chi connectivity index (χ1) is 9.90. The Morgan fingerprint density at radius 1 is 1.29 bits per heavy atom. The van der Waals surface area contributed by atoms with Crippen molar-refractivity contribution < 1.29 is 18.0 Å². The van der Waals surface area contributed by atoms with Gasteiger partial charge in [0, 0.05) is 6.04 Å². The molecule has 1 N–H and O–H groups in total. The van der Waals surface area contributed by atoms with Gasteiger partial charge >= 0.3 is 6.18 Å². The zero-order chi connectivity index (χ0) is 15.5. The maximum atomic E-state index is 12.4. The molecule has 1 aromatic carbocycles. The van der Waals surface area contributed by atoms with Crippen LogP contribution < -0.4 is 5.32 Å². The van der Waals surface area contributed by atoms with Crippen molar-refractivity contribution in [3.8, 4) is 6.07 Å². The number of halogens is 3. The minimum absolute atomic E-state index is 0.0206. The van der Waals surface area contributed by atoms with Crippen LogP contribution in [0, 0.1) is 17.2 Å². The molecule has 0 saturated heterocycles. The van der Waals surface area contributed by atoms with Gasteiger partial charge in [0.25, 0.3) is 0 Å². The van der Waals surface area contributed by atoms with Crippen molar-refractivity contribution in [3.05, 3.63) is 35.4 Å². The van der Waals surface area contributed by atoms with Gasteiger partial charge < -0.3 is 5.32 Å². The Labute approximate surface area is 120 Å². The molecule has 6 heteroatoms. The minimum atomic E-state index is -4.37. The lowest BCUT2D eigenvalue weighted by molar-refractivity contribution is -0.137. The Morgan fingerprint density at radius 3 is 2.52 bits per heavy atom. The molecule has 0 aliphatic heterocycles. The average molecular weight is 296 g/mol. The second-order valence-corrected chi connectivity index (χ2v) is 5.21. The van der Waals surface area contributed by atoms with Gasteiger partial charge in [0.15, 0.2) is 0 Å². The summed E-state index contributed by atoms with van der Waals surface area (Å²) in [6.45, 7) is 0. The van der Waals surface area contributed by atoms with Gasteiger partial charge in [0.2, 0.25) is 5.91 Å². The van der Waals surface area contributed by atoms with Gasteiger partial charge in [0.05, 0.1) is 24.0 Å². The average Bonchev–Trinajstić information content (AvgIpc) is 2.85. The van der Waals surface area contributed by atoms with Crippen LogP contribution in [-0.2, 0) is 17.4 Å². The lowest BCUT2D eigenvalue weighted by Crippen LogP contribution is -2.37. The molecule has 0 heterocycles. The van der Waals surface area contributed by atoms with E-state index in [4.69, 9.17) is 5.26 Å². The van der Waals surface area contributed by atoms with E-state index in [0.717, 1.165) is 31.4 Å². The van der Waals surface area contributed by atoms with Gasteiger partial charge in [-0.1, -0.05) is 12.1 Å². The van der Waals surface area contributed by atoms with Crippen molar-refractivity contribution in [2.75, 3.05) is 0 Å². The molecule has 2 rings (SSSR count). The SMILES string of the molecule is N#CC1CCCC1NC(=O)Cc1ccc(C(F)(F)F)cc1. The van der Waals surface area contributed by atoms with E-state index in [1.807, 2.05) is 0 Å². The molecular weight excluding hydrogens is 281 g/mol. The third-order valence-electron chi connectivity index (χ3n) is 3.67. The summed E-state index contributed by atoms with van der Waals surface area (Å²) in [5.41, 5.74) is -0.209. The number of amides is 1. The predicted molar refractivity (Wildman–Crippen MR) is 70.0 cm³/mol. The fraction of sp³-hybridized carbons (Fsp3) is 0.467. The second kappa shape index (κ2) is 6.17. The number of hydrogen-bond donors (Lipinski definition) is 1. The summed E-state index contributed by atoms with van der Waals surface area (Å²) in [5.74, 6) is -0.427. The highest BCUT2D eigenvalue weighted by Crippen LogP contribution is 2.29. The number of carbonyl (C=O) groups excluding carboxylic acids is 1. The van der Waals surface area contributed by atoms with E-state index < -0.39 is 11.7 Å². The molecule has 3 nitrogen and oxygen atoms in total. The molecule has 1 aromatic rings. The molecule has 0 bridgehead atoms. The third kappa shape index (κ3) is 3.97. The highest BCUT2D eigenvalue weighted by Gasteiger charge is 2.30. The predicted octanol–water partition coefficient (Wildman–Crippen LogP) is 3.06. The largest absolute Gasteiger partial charge is 0.416 e. The van der Waals surface area contributed by atoms with E-state index in [9.17, 15) is 18.0 Å². The molecule has 2 atom stereocenters. The lowest BCUT2D eigenvalue weighted by Gasteiger charge is -2.15. The van der Waals surface area contributed by atoms with Crippen molar-refractivity contribution in [2.45, 2.75) is 37.9 Å². The van der Waals surface area contributed by atoms with Crippen LogP contribution in [0.15, 0.2) is 24.3 Å². The first kappa shape index (κ1) is 15.4. The standard InChI is InChI=1S/C15H15F3N2O/c16-15(17,18)12-6-4-10(5-7-12)8-14(21)20-13-3-1-2-11(13)9-19/h4-7,11,13H,1-3,8H2,(H,20,21). The summed E-state index contributed by atoms with van der Waals surface area (Å²) in [6, 6.07) is 6.57. The quantitative estimate of drug-likeness (QED) is 0.932. The first-order valence-corrected chi connectivity index (χ1v) is 6.75. The number of nitrogens with zero attached hydrogens (tertiary/aromatic N) is 1. The fourth-order valence-corrected chi connectivity index (χ4v) is 2.54. The third-order valence-corrected chi connectivity index (χ3v) is 3.67. The van der Waals surface area contributed by atoms with E-state index in [2.05, 4.69) is 11.4 Å². The minimum Gasteiger partial charge on any atom is -0.352 e. The Bertz CT molecular complexity index is 546. The number of nitriles is 1. The Kier molecular flexibility index (Phi) is 4.51. The van der Waals surface area contributed by atoms with Crippen LogP contribution in [0.25, 0.3) is 0 Å². The summed E-state index contributed by atoms with van der Waals surface area (Å²) >= 11 is 0. The maximum Gasteiger partial charge on any atom is 0.416 e. The number of carbonyl (C=O) groups is 1. The van der Waals surface area contributed by atoms with Gasteiger partial charge in [0.1, 0.15) is 0 Å². The van der Waals surface area contributed by atoms with Crippen LogP contribution in [0.2, 0.25) is 0 Å². The Balaban J connectivity index is 1.93. The van der Waals surface area contributed by atoms with Gasteiger partial charge in [-0.15, -0.1) is 0 Å². The van der Waals surface area contributed by atoms with Crippen LogP contribution in [0.1, 0.15) is 30.4 Å². The van der Waals surface area contributed by atoms with E-state index in [0.29, 0.717) is 5.56 Å². The van der Waals surface area contributed by atoms with Crippen molar-refractivity contribution in [2.24, 2.45) is 5.92 Å². The number of nitrogens with one attached hydrogen (secondary N) is 1. The summed E-state index contributed by atoms with van der Waals surface area (Å²) in [5, 5.41) is 11.7.